The number of imidazole rings is 1. The topological polar surface area (TPSA) is 133 Å². The molecule has 0 bridgehead atoms. The lowest BCUT2D eigenvalue weighted by atomic mass is 9.96. The van der Waals surface area contributed by atoms with Gasteiger partial charge in [-0.2, -0.15) is 0 Å². The molecule has 4 aromatic rings. The molecule has 9 nitrogen and oxygen atoms in total. The normalized spacial score (nSPS) is 17.1. The average molecular weight is 572 g/mol. The van der Waals surface area contributed by atoms with Crippen LogP contribution in [0, 0.1) is 5.82 Å². The second-order valence-corrected chi connectivity index (χ2v) is 10.7. The maximum absolute atomic E-state index is 13.3. The van der Waals surface area contributed by atoms with Crippen LogP contribution in [-0.2, 0) is 4.74 Å². The van der Waals surface area contributed by atoms with Crippen molar-refractivity contribution in [3.05, 3.63) is 120 Å². The number of hydrogen-bond donors (Lipinski definition) is 4. The van der Waals surface area contributed by atoms with E-state index in [1.165, 1.54) is 30.3 Å². The van der Waals surface area contributed by atoms with E-state index in [1.807, 2.05) is 13.8 Å². The lowest BCUT2D eigenvalue weighted by Gasteiger charge is -2.29. The molecule has 0 amide bonds. The van der Waals surface area contributed by atoms with Gasteiger partial charge in [0.15, 0.2) is 5.78 Å². The molecule has 0 spiro atoms. The number of morpholine rings is 1. The smallest absolute Gasteiger partial charge is 0.272 e. The fourth-order valence-electron chi connectivity index (χ4n) is 5.20. The summed E-state index contributed by atoms with van der Waals surface area (Å²) in [4.78, 5) is 52.6. The molecule has 0 aliphatic carbocycles. The fourth-order valence-corrected chi connectivity index (χ4v) is 5.20. The molecule has 2 aromatic heterocycles. The Hall–Kier alpha value is -4.41. The largest absolute Gasteiger partial charge is 0.378 e. The van der Waals surface area contributed by atoms with E-state index in [4.69, 9.17) is 9.72 Å². The van der Waals surface area contributed by atoms with Crippen LogP contribution in [-0.4, -0.2) is 51.5 Å². The van der Waals surface area contributed by atoms with Crippen molar-refractivity contribution in [1.82, 2.24) is 25.3 Å². The minimum Gasteiger partial charge on any atom is -0.378 e. The van der Waals surface area contributed by atoms with E-state index in [2.05, 4.69) is 27.2 Å². The minimum absolute atomic E-state index is 0.0461. The summed E-state index contributed by atoms with van der Waals surface area (Å²) in [7, 11) is 0. The van der Waals surface area contributed by atoms with Gasteiger partial charge in [0.25, 0.3) is 11.1 Å². The van der Waals surface area contributed by atoms with Crippen molar-refractivity contribution in [3.63, 3.8) is 0 Å². The predicted molar refractivity (Wildman–Crippen MR) is 159 cm³/mol. The summed E-state index contributed by atoms with van der Waals surface area (Å²) in [6, 6.07) is 12.1. The lowest BCUT2D eigenvalue weighted by Crippen LogP contribution is -2.46. The first-order chi connectivity index (χ1) is 20.2. The Morgan fingerprint density at radius 1 is 1.02 bits per heavy atom. The van der Waals surface area contributed by atoms with Gasteiger partial charge in [-0.3, -0.25) is 14.4 Å². The summed E-state index contributed by atoms with van der Waals surface area (Å²) in [6.45, 7) is 8.25. The van der Waals surface area contributed by atoms with Gasteiger partial charge >= 0.3 is 0 Å². The molecule has 1 fully saturated rings. The molecule has 10 heteroatoms. The number of ether oxygens (including phenoxy) is 1. The first-order valence-electron chi connectivity index (χ1n) is 14.1. The molecule has 1 saturated heterocycles. The van der Waals surface area contributed by atoms with Crippen LogP contribution in [0.15, 0.2) is 58.1 Å². The molecule has 2 unspecified atom stereocenters. The molecule has 218 valence electrons. The van der Waals surface area contributed by atoms with Crippen molar-refractivity contribution in [2.24, 2.45) is 0 Å². The van der Waals surface area contributed by atoms with Crippen molar-refractivity contribution in [1.29, 1.82) is 0 Å². The maximum Gasteiger partial charge on any atom is 0.272 e. The summed E-state index contributed by atoms with van der Waals surface area (Å²) in [5.74, 6) is 0.310. The molecule has 0 saturated carbocycles. The molecular weight excluding hydrogens is 537 g/mol. The number of rotatable bonds is 8. The zero-order valence-corrected chi connectivity index (χ0v) is 23.8. The van der Waals surface area contributed by atoms with Crippen molar-refractivity contribution in [3.8, 4) is 0 Å². The van der Waals surface area contributed by atoms with Gasteiger partial charge in [-0.1, -0.05) is 39.0 Å². The van der Waals surface area contributed by atoms with Crippen LogP contribution in [0.4, 0.5) is 4.39 Å². The second kappa shape index (κ2) is 12.6. The third-order valence-electron chi connectivity index (χ3n) is 7.42. The van der Waals surface area contributed by atoms with Gasteiger partial charge in [0.1, 0.15) is 22.3 Å². The lowest BCUT2D eigenvalue weighted by molar-refractivity contribution is 0.0664. The number of halogens is 1. The number of H-pyrrole nitrogens is 3. The Morgan fingerprint density at radius 3 is 2.38 bits per heavy atom. The Morgan fingerprint density at radius 2 is 1.74 bits per heavy atom. The quantitative estimate of drug-likeness (QED) is 0.240. The van der Waals surface area contributed by atoms with Crippen LogP contribution < -0.4 is 27.1 Å². The van der Waals surface area contributed by atoms with Gasteiger partial charge < -0.3 is 25.0 Å². The van der Waals surface area contributed by atoms with Crippen molar-refractivity contribution < 1.29 is 13.9 Å². The first kappa shape index (κ1) is 29.1. The Balaban J connectivity index is 1.48. The molecule has 2 atom stereocenters. The monoisotopic (exact) mass is 571 g/mol. The summed E-state index contributed by atoms with van der Waals surface area (Å²) in [5.41, 5.74) is 1.76. The maximum atomic E-state index is 13.3. The number of hydrogen-bond acceptors (Lipinski definition) is 6. The number of nitrogens with zero attached hydrogens (tertiary/aromatic N) is 1. The van der Waals surface area contributed by atoms with Crippen LogP contribution in [0.5, 0.6) is 0 Å². The number of ketones is 1. The standard InChI is InChI=1S/C32H34FN5O4/c1-4-23(27-17-42-13-12-34-27)30-35-24(28(38-30)18(2)3)16-26-32(41)36-25(31(40)37-26)15-19-6-5-7-21(14-19)29(39)20-8-10-22(33)11-9-20/h5-11,14-16,18,23,27,34H,4,12-13,17H2,1-3H3,(H,35,38)(H,36,41)(H,37,40)/b25-15-,26-16-. The molecule has 1 aliphatic rings. The first-order valence-corrected chi connectivity index (χ1v) is 14.1. The Bertz CT molecular complexity index is 1820. The fraction of sp³-hybridized carbons (Fsp3) is 0.312. The van der Waals surface area contributed by atoms with Gasteiger partial charge in [-0.15, -0.1) is 0 Å². The summed E-state index contributed by atoms with van der Waals surface area (Å²) < 4.78 is 18.9. The third-order valence-corrected chi connectivity index (χ3v) is 7.42. The molecule has 5 rings (SSSR count). The summed E-state index contributed by atoms with van der Waals surface area (Å²) >= 11 is 0. The molecule has 42 heavy (non-hydrogen) atoms. The summed E-state index contributed by atoms with van der Waals surface area (Å²) in [5, 5.41) is 3.64. The summed E-state index contributed by atoms with van der Waals surface area (Å²) in [6.07, 6.45) is 3.95. The number of nitrogens with one attached hydrogen (secondary N) is 4. The highest BCUT2D eigenvalue weighted by Crippen LogP contribution is 2.27. The number of benzene rings is 2. The van der Waals surface area contributed by atoms with Crippen LogP contribution >= 0.6 is 0 Å². The van der Waals surface area contributed by atoms with E-state index in [0.29, 0.717) is 35.6 Å². The zero-order valence-electron chi connectivity index (χ0n) is 23.8. The molecule has 2 aromatic carbocycles. The van der Waals surface area contributed by atoms with Crippen LogP contribution in [0.1, 0.15) is 77.7 Å². The van der Waals surface area contributed by atoms with Crippen molar-refractivity contribution in [2.45, 2.75) is 45.1 Å². The highest BCUT2D eigenvalue weighted by Gasteiger charge is 2.27. The predicted octanol–water partition coefficient (Wildman–Crippen LogP) is 2.42. The van der Waals surface area contributed by atoms with Gasteiger partial charge in [0.2, 0.25) is 0 Å². The number of aromatic amines is 3. The molecule has 4 N–H and O–H groups in total. The highest BCUT2D eigenvalue weighted by molar-refractivity contribution is 6.09. The van der Waals surface area contributed by atoms with Gasteiger partial charge in [0.05, 0.1) is 18.9 Å². The SMILES string of the molecule is CCC(c1nc(/C=c2\[nH]c(=O)/c(=C/c3cccc(C(=O)c4ccc(F)cc4)c3)[nH]c2=O)c(C(C)C)[nH]1)C1COCCN1. The van der Waals surface area contributed by atoms with Gasteiger partial charge in [0, 0.05) is 35.3 Å². The van der Waals surface area contributed by atoms with Crippen molar-refractivity contribution >= 4 is 17.9 Å². The van der Waals surface area contributed by atoms with Gasteiger partial charge in [-0.05, 0) is 60.4 Å². The minimum atomic E-state index is -0.493. The van der Waals surface area contributed by atoms with Crippen LogP contribution in [0.3, 0.4) is 0 Å². The van der Waals surface area contributed by atoms with Crippen LogP contribution in [0.2, 0.25) is 0 Å². The molecule has 1 aliphatic heterocycles. The Labute approximate surface area is 241 Å². The molecule has 3 heterocycles. The zero-order chi connectivity index (χ0) is 29.8. The van der Waals surface area contributed by atoms with Crippen molar-refractivity contribution in [2.75, 3.05) is 19.8 Å². The van der Waals surface area contributed by atoms with E-state index < -0.39 is 16.9 Å². The molecule has 0 radical (unpaired) electrons. The van der Waals surface area contributed by atoms with E-state index in [0.717, 1.165) is 24.5 Å². The van der Waals surface area contributed by atoms with Gasteiger partial charge in [-0.25, -0.2) is 9.37 Å². The number of aromatic nitrogens is 4. The third kappa shape index (κ3) is 6.40. The van der Waals surface area contributed by atoms with E-state index in [1.54, 1.807) is 30.3 Å². The highest BCUT2D eigenvalue weighted by atomic mass is 19.1. The van der Waals surface area contributed by atoms with E-state index in [9.17, 15) is 18.8 Å². The van der Waals surface area contributed by atoms with Crippen LogP contribution in [0.25, 0.3) is 12.2 Å². The average Bonchev–Trinajstić information content (AvgIpc) is 3.40. The second-order valence-electron chi connectivity index (χ2n) is 10.7. The number of carbonyl (C=O) groups is 1. The molecular formula is C32H34FN5O4. The Kier molecular flexibility index (Phi) is 8.75. The van der Waals surface area contributed by atoms with E-state index >= 15 is 0 Å². The number of carbonyl (C=O) groups excluding carboxylic acids is 1. The van der Waals surface area contributed by atoms with E-state index in [-0.39, 0.29) is 34.4 Å².